The predicted molar refractivity (Wildman–Crippen MR) is 70.0 cm³/mol. The smallest absolute Gasteiger partial charge is 0.115 e. The van der Waals surface area contributed by atoms with Gasteiger partial charge in [-0.25, -0.2) is 0 Å². The van der Waals surface area contributed by atoms with Crippen LogP contribution in [0.15, 0.2) is 48.5 Å². The average molecular weight is 234 g/mol. The summed E-state index contributed by atoms with van der Waals surface area (Å²) in [6.07, 6.45) is 0. The topological polar surface area (TPSA) is 40.5 Å². The molecular weight excluding hydrogens is 224 g/mol. The molecule has 0 radical (unpaired) electrons. The lowest BCUT2D eigenvalue weighted by molar-refractivity contribution is 0.474. The lowest BCUT2D eigenvalue weighted by atomic mass is 10.2. The standard InChI is InChI=1S/C16H10O2/c17-15-9-5-13(6-10-15)3-1-2-4-14-7-11-16(18)12-8-14/h5-12,17-18H. The normalized spacial score (nSPS) is 8.67. The van der Waals surface area contributed by atoms with Crippen LogP contribution >= 0.6 is 0 Å². The monoisotopic (exact) mass is 234 g/mol. The number of rotatable bonds is 0. The van der Waals surface area contributed by atoms with Crippen LogP contribution in [0.5, 0.6) is 11.5 Å². The van der Waals surface area contributed by atoms with Crippen molar-refractivity contribution in [1.29, 1.82) is 0 Å². The zero-order chi connectivity index (χ0) is 12.8. The second-order valence-corrected chi connectivity index (χ2v) is 3.59. The molecule has 2 N–H and O–H groups in total. The molecule has 0 spiro atoms. The van der Waals surface area contributed by atoms with Gasteiger partial charge in [0.15, 0.2) is 0 Å². The summed E-state index contributed by atoms with van der Waals surface area (Å²) in [6, 6.07) is 13.2. The van der Waals surface area contributed by atoms with Gasteiger partial charge in [-0.3, -0.25) is 0 Å². The second kappa shape index (κ2) is 5.48. The van der Waals surface area contributed by atoms with E-state index in [4.69, 9.17) is 10.2 Å². The fourth-order valence-corrected chi connectivity index (χ4v) is 1.30. The van der Waals surface area contributed by atoms with Crippen LogP contribution in [0.4, 0.5) is 0 Å². The third kappa shape index (κ3) is 3.33. The molecule has 0 aliphatic heterocycles. The van der Waals surface area contributed by atoms with Crippen LogP contribution in [0, 0.1) is 23.7 Å². The second-order valence-electron chi connectivity index (χ2n) is 3.59. The summed E-state index contributed by atoms with van der Waals surface area (Å²) in [5.41, 5.74) is 1.60. The van der Waals surface area contributed by atoms with Crippen molar-refractivity contribution in [2.75, 3.05) is 0 Å². The van der Waals surface area contributed by atoms with Gasteiger partial charge in [-0.2, -0.15) is 0 Å². The van der Waals surface area contributed by atoms with Crippen molar-refractivity contribution in [2.24, 2.45) is 0 Å². The highest BCUT2D eigenvalue weighted by atomic mass is 16.3. The lowest BCUT2D eigenvalue weighted by Crippen LogP contribution is -1.72. The first kappa shape index (κ1) is 11.6. The third-order valence-electron chi connectivity index (χ3n) is 2.21. The van der Waals surface area contributed by atoms with E-state index < -0.39 is 0 Å². The number of phenolic OH excluding ortho intramolecular Hbond substituents is 2. The van der Waals surface area contributed by atoms with E-state index in [-0.39, 0.29) is 11.5 Å². The van der Waals surface area contributed by atoms with E-state index in [1.807, 2.05) is 0 Å². The molecule has 0 atom stereocenters. The molecule has 0 aromatic heterocycles. The maximum absolute atomic E-state index is 9.10. The molecule has 0 saturated carbocycles. The van der Waals surface area contributed by atoms with Gasteiger partial charge in [-0.15, -0.1) is 0 Å². The van der Waals surface area contributed by atoms with Crippen molar-refractivity contribution >= 4 is 0 Å². The molecule has 0 aliphatic carbocycles. The number of aromatic hydroxyl groups is 2. The van der Waals surface area contributed by atoms with Crippen LogP contribution < -0.4 is 0 Å². The Morgan fingerprint density at radius 2 is 0.889 bits per heavy atom. The molecule has 0 amide bonds. The molecule has 86 valence electrons. The highest BCUT2D eigenvalue weighted by Gasteiger charge is 1.87. The van der Waals surface area contributed by atoms with Crippen LogP contribution in [-0.4, -0.2) is 10.2 Å². The first-order chi connectivity index (χ1) is 8.74. The van der Waals surface area contributed by atoms with Crippen molar-refractivity contribution in [3.8, 4) is 35.2 Å². The van der Waals surface area contributed by atoms with Crippen LogP contribution in [0.3, 0.4) is 0 Å². The minimum atomic E-state index is 0.218. The van der Waals surface area contributed by atoms with Crippen molar-refractivity contribution in [2.45, 2.75) is 0 Å². The lowest BCUT2D eigenvalue weighted by Gasteiger charge is -1.90. The van der Waals surface area contributed by atoms with Crippen LogP contribution in [0.2, 0.25) is 0 Å². The molecule has 0 aliphatic rings. The Morgan fingerprint density at radius 1 is 0.556 bits per heavy atom. The summed E-state index contributed by atoms with van der Waals surface area (Å²) >= 11 is 0. The Bertz CT molecular complexity index is 583. The zero-order valence-corrected chi connectivity index (χ0v) is 9.51. The van der Waals surface area contributed by atoms with Gasteiger partial charge >= 0.3 is 0 Å². The zero-order valence-electron chi connectivity index (χ0n) is 9.51. The van der Waals surface area contributed by atoms with Crippen molar-refractivity contribution in [1.82, 2.24) is 0 Å². The first-order valence-electron chi connectivity index (χ1n) is 5.34. The summed E-state index contributed by atoms with van der Waals surface area (Å²) < 4.78 is 0. The van der Waals surface area contributed by atoms with Crippen LogP contribution in [0.1, 0.15) is 11.1 Å². The summed E-state index contributed by atoms with van der Waals surface area (Å²) in [6.45, 7) is 0. The highest BCUT2D eigenvalue weighted by molar-refractivity contribution is 5.45. The van der Waals surface area contributed by atoms with Gasteiger partial charge in [0, 0.05) is 11.1 Å². The summed E-state index contributed by atoms with van der Waals surface area (Å²) in [5.74, 6) is 11.6. The number of hydrogen-bond donors (Lipinski definition) is 2. The van der Waals surface area contributed by atoms with Crippen LogP contribution in [-0.2, 0) is 0 Å². The van der Waals surface area contributed by atoms with E-state index in [9.17, 15) is 0 Å². The highest BCUT2D eigenvalue weighted by Crippen LogP contribution is 2.09. The van der Waals surface area contributed by atoms with E-state index in [1.165, 1.54) is 0 Å². The minimum Gasteiger partial charge on any atom is -0.508 e. The van der Waals surface area contributed by atoms with Gasteiger partial charge in [-0.05, 0) is 60.4 Å². The molecule has 2 rings (SSSR count). The quantitative estimate of drug-likeness (QED) is 0.687. The Balaban J connectivity index is 2.09. The summed E-state index contributed by atoms with van der Waals surface area (Å²) in [7, 11) is 0. The molecule has 18 heavy (non-hydrogen) atoms. The predicted octanol–water partition coefficient (Wildman–Crippen LogP) is 2.50. The van der Waals surface area contributed by atoms with Crippen molar-refractivity contribution < 1.29 is 10.2 Å². The molecule has 0 bridgehead atoms. The van der Waals surface area contributed by atoms with E-state index in [0.717, 1.165) is 11.1 Å². The maximum Gasteiger partial charge on any atom is 0.115 e. The van der Waals surface area contributed by atoms with Gasteiger partial charge in [0.1, 0.15) is 11.5 Å². The third-order valence-corrected chi connectivity index (χ3v) is 2.21. The fourth-order valence-electron chi connectivity index (χ4n) is 1.30. The first-order valence-corrected chi connectivity index (χ1v) is 5.34. The number of hydrogen-bond acceptors (Lipinski definition) is 2. The summed E-state index contributed by atoms with van der Waals surface area (Å²) in [4.78, 5) is 0. The fraction of sp³-hybridized carbons (Fsp3) is 0. The van der Waals surface area contributed by atoms with E-state index in [1.54, 1.807) is 48.5 Å². The Hall–Kier alpha value is -2.84. The van der Waals surface area contributed by atoms with Gasteiger partial charge in [0.2, 0.25) is 0 Å². The Morgan fingerprint density at radius 3 is 1.22 bits per heavy atom. The largest absolute Gasteiger partial charge is 0.508 e. The number of benzene rings is 2. The summed E-state index contributed by atoms with van der Waals surface area (Å²) in [5, 5.41) is 18.2. The molecule has 0 unspecified atom stereocenters. The van der Waals surface area contributed by atoms with Gasteiger partial charge in [0.25, 0.3) is 0 Å². The minimum absolute atomic E-state index is 0.218. The Labute approximate surface area is 106 Å². The maximum atomic E-state index is 9.10. The molecule has 0 saturated heterocycles. The molecule has 2 aromatic carbocycles. The van der Waals surface area contributed by atoms with E-state index in [2.05, 4.69) is 23.7 Å². The number of phenols is 2. The molecule has 0 fully saturated rings. The molecule has 2 heteroatoms. The molecular formula is C16H10O2. The molecule has 2 aromatic rings. The van der Waals surface area contributed by atoms with Crippen molar-refractivity contribution in [3.05, 3.63) is 59.7 Å². The van der Waals surface area contributed by atoms with Crippen LogP contribution in [0.25, 0.3) is 0 Å². The van der Waals surface area contributed by atoms with E-state index in [0.29, 0.717) is 0 Å². The Kier molecular flexibility index (Phi) is 3.54. The van der Waals surface area contributed by atoms with Gasteiger partial charge in [0.05, 0.1) is 0 Å². The van der Waals surface area contributed by atoms with Gasteiger partial charge in [-0.1, -0.05) is 11.8 Å². The van der Waals surface area contributed by atoms with Gasteiger partial charge < -0.3 is 10.2 Å². The average Bonchev–Trinajstić information content (AvgIpc) is 2.39. The van der Waals surface area contributed by atoms with Crippen molar-refractivity contribution in [3.63, 3.8) is 0 Å². The van der Waals surface area contributed by atoms with E-state index >= 15 is 0 Å². The molecule has 2 nitrogen and oxygen atoms in total. The molecule has 0 heterocycles. The SMILES string of the molecule is Oc1ccc(C#CC#Cc2ccc(O)cc2)cc1.